The van der Waals surface area contributed by atoms with E-state index in [1.165, 1.54) is 18.3 Å². The number of para-hydroxylation sites is 1. The quantitative estimate of drug-likeness (QED) is 0.819. The molecular weight excluding hydrogens is 344 g/mol. The number of nitrogens with zero attached hydrogens (tertiary/aromatic N) is 1. The fourth-order valence-corrected chi connectivity index (χ4v) is 4.79. The van der Waals surface area contributed by atoms with Crippen LogP contribution in [0.1, 0.15) is 24.3 Å². The monoisotopic (exact) mass is 366 g/mol. The molecule has 1 aromatic carbocycles. The number of carbonyl (C=O) groups excluding carboxylic acids is 1. The van der Waals surface area contributed by atoms with Gasteiger partial charge in [-0.05, 0) is 37.1 Å². The molecule has 24 heavy (non-hydrogen) atoms. The Morgan fingerprint density at radius 3 is 2.50 bits per heavy atom. The van der Waals surface area contributed by atoms with Crippen LogP contribution >= 0.6 is 11.3 Å². The highest BCUT2D eigenvalue weighted by molar-refractivity contribution is 7.91. The van der Waals surface area contributed by atoms with Crippen molar-refractivity contribution >= 4 is 33.0 Å². The smallest absolute Gasteiger partial charge is 0.250 e. The van der Waals surface area contributed by atoms with Crippen molar-refractivity contribution < 1.29 is 13.2 Å². The van der Waals surface area contributed by atoms with E-state index >= 15 is 0 Å². The number of nitrogens with one attached hydrogen (secondary N) is 1. The first-order chi connectivity index (χ1) is 11.3. The number of carbonyl (C=O) groups is 1. The van der Waals surface area contributed by atoms with Crippen LogP contribution in [-0.2, 0) is 21.2 Å². The summed E-state index contributed by atoms with van der Waals surface area (Å²) in [6, 6.07) is 11.0. The molecular formula is C17H22N2O3S2. The lowest BCUT2D eigenvalue weighted by Gasteiger charge is -2.23. The number of thiophene rings is 1. The van der Waals surface area contributed by atoms with Crippen LogP contribution < -0.4 is 9.62 Å². The van der Waals surface area contributed by atoms with Crippen LogP contribution in [0, 0.1) is 6.92 Å². The summed E-state index contributed by atoms with van der Waals surface area (Å²) in [6.45, 7) is 5.83. The van der Waals surface area contributed by atoms with Gasteiger partial charge < -0.3 is 4.90 Å². The molecule has 0 atom stereocenters. The molecule has 0 fully saturated rings. The number of sulfonamides is 1. The third kappa shape index (κ3) is 4.43. The molecule has 130 valence electrons. The zero-order valence-electron chi connectivity index (χ0n) is 14.1. The van der Waals surface area contributed by atoms with Gasteiger partial charge >= 0.3 is 0 Å². The molecule has 0 saturated heterocycles. The summed E-state index contributed by atoms with van der Waals surface area (Å²) in [5.74, 6) is -0.109. The Bertz CT molecular complexity index is 813. The summed E-state index contributed by atoms with van der Waals surface area (Å²) >= 11 is 1.23. The Hall–Kier alpha value is -1.70. The van der Waals surface area contributed by atoms with Gasteiger partial charge in [-0.15, -0.1) is 11.3 Å². The third-order valence-corrected chi connectivity index (χ3v) is 6.61. The minimum absolute atomic E-state index is 0.109. The SMILES string of the molecule is CCc1ccccc1N(CCNS(=O)(=O)c1ccc(C)s1)C(C)=O. The molecule has 2 rings (SSSR count). The van der Waals surface area contributed by atoms with E-state index in [9.17, 15) is 13.2 Å². The summed E-state index contributed by atoms with van der Waals surface area (Å²) in [7, 11) is -3.53. The van der Waals surface area contributed by atoms with Gasteiger partial charge in [0.25, 0.3) is 0 Å². The molecule has 0 spiro atoms. The predicted molar refractivity (Wildman–Crippen MR) is 98.1 cm³/mol. The van der Waals surface area contributed by atoms with Gasteiger partial charge in [-0.1, -0.05) is 25.1 Å². The molecule has 7 heteroatoms. The molecule has 5 nitrogen and oxygen atoms in total. The standard InChI is InChI=1S/C17H22N2O3S2/c1-4-15-7-5-6-8-16(15)19(14(3)20)12-11-18-24(21,22)17-10-9-13(2)23-17/h5-10,18H,4,11-12H2,1-3H3. The van der Waals surface area contributed by atoms with Crippen LogP contribution in [0.5, 0.6) is 0 Å². The Kier molecular flexibility index (Phi) is 6.15. The minimum atomic E-state index is -3.53. The Balaban J connectivity index is 2.09. The summed E-state index contributed by atoms with van der Waals surface area (Å²) < 4.78 is 27.4. The van der Waals surface area contributed by atoms with Gasteiger partial charge in [0.1, 0.15) is 4.21 Å². The Morgan fingerprint density at radius 1 is 1.21 bits per heavy atom. The number of anilines is 1. The fraction of sp³-hybridized carbons (Fsp3) is 0.353. The summed E-state index contributed by atoms with van der Waals surface area (Å²) in [5.41, 5.74) is 1.89. The zero-order valence-corrected chi connectivity index (χ0v) is 15.7. The van der Waals surface area contributed by atoms with Gasteiger partial charge in [0.05, 0.1) is 0 Å². The van der Waals surface area contributed by atoms with Crippen LogP contribution in [0.25, 0.3) is 0 Å². The van der Waals surface area contributed by atoms with Crippen LogP contribution in [0.4, 0.5) is 5.69 Å². The lowest BCUT2D eigenvalue weighted by atomic mass is 10.1. The van der Waals surface area contributed by atoms with Gasteiger partial charge in [-0.25, -0.2) is 13.1 Å². The molecule has 0 aliphatic carbocycles. The van der Waals surface area contributed by atoms with Crippen molar-refractivity contribution in [3.63, 3.8) is 0 Å². The largest absolute Gasteiger partial charge is 0.311 e. The molecule has 1 heterocycles. The van der Waals surface area contributed by atoms with Crippen LogP contribution in [0.3, 0.4) is 0 Å². The van der Waals surface area contributed by atoms with E-state index in [1.54, 1.807) is 17.0 Å². The first kappa shape index (κ1) is 18.6. The number of amides is 1. The highest BCUT2D eigenvalue weighted by atomic mass is 32.2. The zero-order chi connectivity index (χ0) is 17.7. The van der Waals surface area contributed by atoms with Crippen LogP contribution in [-0.4, -0.2) is 27.4 Å². The Morgan fingerprint density at radius 2 is 1.92 bits per heavy atom. The molecule has 0 radical (unpaired) electrons. The second-order valence-corrected chi connectivity index (χ2v) is 8.70. The van der Waals surface area contributed by atoms with E-state index in [4.69, 9.17) is 0 Å². The fourth-order valence-electron chi connectivity index (χ4n) is 2.44. The molecule has 1 amide bonds. The van der Waals surface area contributed by atoms with Crippen molar-refractivity contribution in [3.05, 3.63) is 46.8 Å². The highest BCUT2D eigenvalue weighted by Crippen LogP contribution is 2.22. The number of hydrogen-bond acceptors (Lipinski definition) is 4. The summed E-state index contributed by atoms with van der Waals surface area (Å²) in [6.07, 6.45) is 0.806. The van der Waals surface area contributed by atoms with E-state index in [-0.39, 0.29) is 19.0 Å². The average molecular weight is 367 g/mol. The maximum Gasteiger partial charge on any atom is 0.250 e. The molecule has 0 bridgehead atoms. The minimum Gasteiger partial charge on any atom is -0.311 e. The summed E-state index contributed by atoms with van der Waals surface area (Å²) in [4.78, 5) is 14.5. The molecule has 1 aromatic heterocycles. The van der Waals surface area contributed by atoms with Crippen molar-refractivity contribution in [1.82, 2.24) is 4.72 Å². The lowest BCUT2D eigenvalue weighted by molar-refractivity contribution is -0.116. The van der Waals surface area contributed by atoms with E-state index in [2.05, 4.69) is 4.72 Å². The van der Waals surface area contributed by atoms with Gasteiger partial charge in [0, 0.05) is 30.6 Å². The van der Waals surface area contributed by atoms with E-state index in [0.29, 0.717) is 4.21 Å². The molecule has 0 aliphatic heterocycles. The number of rotatable bonds is 7. The molecule has 0 saturated carbocycles. The van der Waals surface area contributed by atoms with Crippen LogP contribution in [0.2, 0.25) is 0 Å². The average Bonchev–Trinajstić information content (AvgIpc) is 2.99. The second kappa shape index (κ2) is 7.92. The van der Waals surface area contributed by atoms with Gasteiger partial charge in [-0.2, -0.15) is 0 Å². The van der Waals surface area contributed by atoms with Crippen LogP contribution in [0.15, 0.2) is 40.6 Å². The maximum atomic E-state index is 12.3. The van der Waals surface area contributed by atoms with Gasteiger partial charge in [0.2, 0.25) is 15.9 Å². The normalized spacial score (nSPS) is 11.5. The Labute approximate surface area is 147 Å². The molecule has 2 aromatic rings. The van der Waals surface area contributed by atoms with Crippen molar-refractivity contribution in [1.29, 1.82) is 0 Å². The molecule has 0 aliphatic rings. The molecule has 0 unspecified atom stereocenters. The van der Waals surface area contributed by atoms with E-state index in [1.807, 2.05) is 38.1 Å². The number of benzene rings is 1. The highest BCUT2D eigenvalue weighted by Gasteiger charge is 2.18. The maximum absolute atomic E-state index is 12.3. The number of hydrogen-bond donors (Lipinski definition) is 1. The second-order valence-electron chi connectivity index (χ2n) is 5.42. The predicted octanol–water partition coefficient (Wildman–Crippen LogP) is 2.95. The topological polar surface area (TPSA) is 66.5 Å². The number of aryl methyl sites for hydroxylation is 2. The lowest BCUT2D eigenvalue weighted by Crippen LogP contribution is -2.37. The molecule has 1 N–H and O–H groups in total. The third-order valence-electron chi connectivity index (χ3n) is 3.65. The summed E-state index contributed by atoms with van der Waals surface area (Å²) in [5, 5.41) is 0. The van der Waals surface area contributed by atoms with E-state index < -0.39 is 10.0 Å². The van der Waals surface area contributed by atoms with Crippen molar-refractivity contribution in [2.45, 2.75) is 31.4 Å². The van der Waals surface area contributed by atoms with Crippen molar-refractivity contribution in [3.8, 4) is 0 Å². The first-order valence-corrected chi connectivity index (χ1v) is 10.1. The van der Waals surface area contributed by atoms with Gasteiger partial charge in [-0.3, -0.25) is 4.79 Å². The van der Waals surface area contributed by atoms with Gasteiger partial charge in [0.15, 0.2) is 0 Å². The van der Waals surface area contributed by atoms with Crippen molar-refractivity contribution in [2.75, 3.05) is 18.0 Å². The van der Waals surface area contributed by atoms with E-state index in [0.717, 1.165) is 22.5 Å². The first-order valence-electron chi connectivity index (χ1n) is 7.77. The van der Waals surface area contributed by atoms with Crippen molar-refractivity contribution in [2.24, 2.45) is 0 Å².